The van der Waals surface area contributed by atoms with Gasteiger partial charge in [-0.05, 0) is 49.2 Å². The van der Waals surface area contributed by atoms with Crippen LogP contribution in [0.15, 0.2) is 78.9 Å². The second kappa shape index (κ2) is 15.5. The van der Waals surface area contributed by atoms with Crippen molar-refractivity contribution in [2.75, 3.05) is 14.2 Å². The van der Waals surface area contributed by atoms with Crippen molar-refractivity contribution in [1.29, 1.82) is 0 Å². The summed E-state index contributed by atoms with van der Waals surface area (Å²) in [5.74, 6) is -1.68. The molecule has 0 aliphatic carbocycles. The number of carbonyl (C=O) groups is 2. The lowest BCUT2D eigenvalue weighted by Crippen LogP contribution is -2.27. The number of nitrogens with zero attached hydrogens (tertiary/aromatic N) is 1. The number of esters is 1. The number of amides is 1. The van der Waals surface area contributed by atoms with Crippen molar-refractivity contribution in [3.05, 3.63) is 107 Å². The summed E-state index contributed by atoms with van der Waals surface area (Å²) in [5, 5.41) is 23.9. The fraction of sp³-hybridized carbons (Fsp3) is 0.278. The monoisotopic (exact) mass is 632 g/mol. The molecule has 1 aromatic heterocycles. The molecule has 4 rings (SSSR count). The van der Waals surface area contributed by atoms with Gasteiger partial charge in [0, 0.05) is 47.5 Å². The molecule has 8 nitrogen and oxygen atoms in total. The van der Waals surface area contributed by atoms with Crippen molar-refractivity contribution in [3.8, 4) is 28.0 Å². The highest BCUT2D eigenvalue weighted by Crippen LogP contribution is 2.42. The molecule has 0 bridgehead atoms. The molecule has 10 heteroatoms. The van der Waals surface area contributed by atoms with E-state index in [0.29, 0.717) is 33.7 Å². The van der Waals surface area contributed by atoms with E-state index in [0.717, 1.165) is 0 Å². The zero-order valence-corrected chi connectivity index (χ0v) is 26.2. The van der Waals surface area contributed by atoms with E-state index in [-0.39, 0.29) is 36.7 Å². The molecule has 0 saturated carbocycles. The molecule has 3 aromatic carbocycles. The number of aliphatic hydroxyl groups excluding tert-OH is 2. The Bertz CT molecular complexity index is 1680. The first kappa shape index (κ1) is 34.1. The number of rotatable bonds is 13. The number of halogens is 2. The predicted octanol–water partition coefficient (Wildman–Crippen LogP) is 6.31. The Balaban J connectivity index is 1.87. The van der Waals surface area contributed by atoms with Crippen molar-refractivity contribution >= 4 is 18.0 Å². The van der Waals surface area contributed by atoms with Crippen LogP contribution in [-0.4, -0.2) is 53.1 Å². The minimum atomic E-state index is -1.15. The van der Waals surface area contributed by atoms with Crippen LogP contribution in [0, 0.1) is 11.6 Å². The van der Waals surface area contributed by atoms with E-state index >= 15 is 0 Å². The highest BCUT2D eigenvalue weighted by Gasteiger charge is 2.29. The van der Waals surface area contributed by atoms with E-state index in [1.165, 1.54) is 38.5 Å². The van der Waals surface area contributed by atoms with Gasteiger partial charge >= 0.3 is 5.97 Å². The standard InChI is InChI=1S/C36H38F2N2O6/c1-22(2)40-31(17-15-27(41)18-28(42)19-32(43)46-4)33(24-10-13-26(37)14-11-24)34(23-8-6-5-7-9-23)35(40)36(44)39-21-25-12-16-29(45-3)20-30(25)38/h5-17,20,22,27-28,41-42H,18-19,21H2,1-4H3,(H,39,44)/b17-15+/t27-,28-/m1/s1. The van der Waals surface area contributed by atoms with Crippen LogP contribution in [0.25, 0.3) is 28.3 Å². The Hall–Kier alpha value is -4.80. The number of hydrogen-bond donors (Lipinski definition) is 3. The van der Waals surface area contributed by atoms with Gasteiger partial charge in [-0.15, -0.1) is 0 Å². The largest absolute Gasteiger partial charge is 0.497 e. The molecule has 3 N–H and O–H groups in total. The lowest BCUT2D eigenvalue weighted by atomic mass is 9.94. The van der Waals surface area contributed by atoms with Gasteiger partial charge in [-0.25, -0.2) is 8.78 Å². The Morgan fingerprint density at radius 3 is 2.22 bits per heavy atom. The van der Waals surface area contributed by atoms with E-state index in [1.54, 1.807) is 30.3 Å². The quantitative estimate of drug-likeness (QED) is 0.149. The number of benzene rings is 3. The topological polar surface area (TPSA) is 110 Å². The minimum Gasteiger partial charge on any atom is -0.497 e. The highest BCUT2D eigenvalue weighted by atomic mass is 19.1. The predicted molar refractivity (Wildman–Crippen MR) is 172 cm³/mol. The maximum absolute atomic E-state index is 14.8. The second-order valence-electron chi connectivity index (χ2n) is 11.1. The van der Waals surface area contributed by atoms with Gasteiger partial charge in [-0.1, -0.05) is 54.6 Å². The average Bonchev–Trinajstić information content (AvgIpc) is 3.39. The molecule has 2 atom stereocenters. The van der Waals surface area contributed by atoms with Gasteiger partial charge in [0.2, 0.25) is 0 Å². The first-order valence-corrected chi connectivity index (χ1v) is 14.8. The van der Waals surface area contributed by atoms with E-state index in [9.17, 15) is 28.6 Å². The molecule has 0 unspecified atom stereocenters. The van der Waals surface area contributed by atoms with Crippen molar-refractivity contribution in [2.24, 2.45) is 0 Å². The van der Waals surface area contributed by atoms with Crippen LogP contribution >= 0.6 is 0 Å². The number of hydrogen-bond acceptors (Lipinski definition) is 6. The Labute approximate surface area is 266 Å². The molecular weight excluding hydrogens is 594 g/mol. The normalized spacial score (nSPS) is 12.7. The van der Waals surface area contributed by atoms with Gasteiger partial charge < -0.3 is 29.6 Å². The van der Waals surface area contributed by atoms with Crippen molar-refractivity contribution in [1.82, 2.24) is 9.88 Å². The molecule has 0 aliphatic heterocycles. The summed E-state index contributed by atoms with van der Waals surface area (Å²) in [6.45, 7) is 3.70. The van der Waals surface area contributed by atoms with Crippen LogP contribution < -0.4 is 10.1 Å². The number of aromatic nitrogens is 1. The lowest BCUT2D eigenvalue weighted by Gasteiger charge is -2.17. The number of ether oxygens (including phenoxy) is 2. The molecule has 242 valence electrons. The van der Waals surface area contributed by atoms with Gasteiger partial charge in [0.15, 0.2) is 0 Å². The number of carbonyl (C=O) groups excluding carboxylic acids is 2. The summed E-state index contributed by atoms with van der Waals surface area (Å²) in [5.41, 5.74) is 3.61. The van der Waals surface area contributed by atoms with E-state index in [2.05, 4.69) is 10.1 Å². The third kappa shape index (κ3) is 8.07. The van der Waals surface area contributed by atoms with Crippen LogP contribution in [0.5, 0.6) is 5.75 Å². The number of aliphatic hydroxyl groups is 2. The zero-order chi connectivity index (χ0) is 33.4. The SMILES string of the molecule is COC(=O)C[C@H](O)C[C@H](O)/C=C/c1c(-c2ccc(F)cc2)c(-c2ccccc2)c(C(=O)NCc2ccc(OC)cc2F)n1C(C)C. The smallest absolute Gasteiger partial charge is 0.308 e. The van der Waals surface area contributed by atoms with Crippen LogP contribution in [-0.2, 0) is 16.1 Å². The Kier molecular flexibility index (Phi) is 11.5. The molecular formula is C36H38F2N2O6. The van der Waals surface area contributed by atoms with Crippen molar-refractivity contribution in [3.63, 3.8) is 0 Å². The maximum Gasteiger partial charge on any atom is 0.308 e. The molecule has 0 spiro atoms. The van der Waals surface area contributed by atoms with Gasteiger partial charge in [0.1, 0.15) is 23.1 Å². The molecule has 0 aliphatic rings. The minimum absolute atomic E-state index is 0.0972. The van der Waals surface area contributed by atoms with Gasteiger partial charge in [-0.3, -0.25) is 9.59 Å². The Morgan fingerprint density at radius 1 is 0.935 bits per heavy atom. The Morgan fingerprint density at radius 2 is 1.61 bits per heavy atom. The first-order chi connectivity index (χ1) is 22.0. The van der Waals surface area contributed by atoms with Crippen LogP contribution in [0.4, 0.5) is 8.78 Å². The van der Waals surface area contributed by atoms with Gasteiger partial charge in [-0.2, -0.15) is 0 Å². The summed E-state index contributed by atoms with van der Waals surface area (Å²) in [4.78, 5) is 25.7. The van der Waals surface area contributed by atoms with E-state index in [4.69, 9.17) is 4.74 Å². The molecule has 4 aromatic rings. The third-order valence-electron chi connectivity index (χ3n) is 7.49. The van der Waals surface area contributed by atoms with E-state index in [1.807, 2.05) is 48.7 Å². The second-order valence-corrected chi connectivity index (χ2v) is 11.1. The molecule has 1 amide bonds. The van der Waals surface area contributed by atoms with Crippen LogP contribution in [0.1, 0.15) is 54.5 Å². The summed E-state index contributed by atoms with van der Waals surface area (Å²) in [7, 11) is 2.66. The summed E-state index contributed by atoms with van der Waals surface area (Å²) in [6.07, 6.45) is 0.436. The fourth-order valence-corrected chi connectivity index (χ4v) is 5.30. The molecule has 1 heterocycles. The summed E-state index contributed by atoms with van der Waals surface area (Å²) >= 11 is 0. The zero-order valence-electron chi connectivity index (χ0n) is 26.2. The fourth-order valence-electron chi connectivity index (χ4n) is 5.30. The van der Waals surface area contributed by atoms with Gasteiger partial charge in [0.25, 0.3) is 5.91 Å². The summed E-state index contributed by atoms with van der Waals surface area (Å²) in [6, 6.07) is 19.3. The van der Waals surface area contributed by atoms with E-state index < -0.39 is 35.7 Å². The van der Waals surface area contributed by atoms with Crippen LogP contribution in [0.2, 0.25) is 0 Å². The number of nitrogens with one attached hydrogen (secondary N) is 1. The lowest BCUT2D eigenvalue weighted by molar-refractivity contribution is -0.143. The molecule has 0 radical (unpaired) electrons. The first-order valence-electron chi connectivity index (χ1n) is 14.8. The van der Waals surface area contributed by atoms with Gasteiger partial charge in [0.05, 0.1) is 32.8 Å². The number of methoxy groups -OCH3 is 2. The molecule has 46 heavy (non-hydrogen) atoms. The summed E-state index contributed by atoms with van der Waals surface area (Å²) < 4.78 is 40.4. The molecule has 0 saturated heterocycles. The molecule has 0 fully saturated rings. The van der Waals surface area contributed by atoms with Crippen molar-refractivity contribution in [2.45, 2.75) is 51.5 Å². The highest BCUT2D eigenvalue weighted by molar-refractivity contribution is 6.06. The van der Waals surface area contributed by atoms with Crippen LogP contribution in [0.3, 0.4) is 0 Å². The van der Waals surface area contributed by atoms with Crippen molar-refractivity contribution < 1.29 is 38.1 Å². The maximum atomic E-state index is 14.8. The average molecular weight is 633 g/mol. The third-order valence-corrected chi connectivity index (χ3v) is 7.49.